The molecule has 1 atom stereocenters. The molecule has 0 radical (unpaired) electrons. The first-order valence-electron chi connectivity index (χ1n) is 12.3. The molecule has 9 heteroatoms. The van der Waals surface area contributed by atoms with E-state index in [-0.39, 0.29) is 41.3 Å². The summed E-state index contributed by atoms with van der Waals surface area (Å²) in [4.78, 5) is 40.2. The molecule has 1 aromatic heterocycles. The maximum absolute atomic E-state index is 14.2. The number of hydrogen-bond donors (Lipinski definition) is 1. The number of amides is 2. The minimum absolute atomic E-state index is 0.00732. The highest BCUT2D eigenvalue weighted by molar-refractivity contribution is 8.35. The van der Waals surface area contributed by atoms with E-state index in [0.717, 1.165) is 16.5 Å². The average Bonchev–Trinajstić information content (AvgIpc) is 3.48. The number of carbonyl (C=O) groups is 3. The summed E-state index contributed by atoms with van der Waals surface area (Å²) >= 11 is 5.84. The Balaban J connectivity index is 1.54. The fraction of sp³-hybridized carbons (Fsp3) is 0.345. The van der Waals surface area contributed by atoms with Crippen LogP contribution >= 0.6 is 21.6 Å². The summed E-state index contributed by atoms with van der Waals surface area (Å²) in [6.45, 7) is 1.92. The van der Waals surface area contributed by atoms with E-state index < -0.39 is 21.9 Å². The topological polar surface area (TPSA) is 71.4 Å². The molecule has 0 spiro atoms. The molecule has 2 amide bonds. The monoisotopic (exact) mass is 555 g/mol. The first-order chi connectivity index (χ1) is 17.9. The quantitative estimate of drug-likeness (QED) is 0.346. The van der Waals surface area contributed by atoms with Gasteiger partial charge in [-0.3, -0.25) is 14.4 Å². The lowest BCUT2D eigenvalue weighted by atomic mass is 10.1. The molecule has 1 saturated heterocycles. The molecule has 6 nitrogen and oxygen atoms in total. The van der Waals surface area contributed by atoms with E-state index in [9.17, 15) is 18.8 Å². The number of likely N-dealkylation sites (tertiary alicyclic amines) is 1. The number of carbonyl (C=O) groups excluding carboxylic acids is 3. The standard InChI is InChI=1S/C29H31ClFN3O3S/c1-19(35)23-17-33(26-15-20(10-11-22(23)26)12-14-38(2,3)4)18-27(36)34-13-6-9-25(34)29(37)32-16-21-7-5-8-24(30)28(21)31/h5,7-8,10-11,15,17,25H,6,9,13,16,18H2,1-4H3,(H,32,37)/t25-/m0/s1. The number of Topliss-reactive ketones (excluding diaryl/α,β-unsaturated/α-hetero) is 1. The minimum atomic E-state index is -1.01. The molecule has 0 unspecified atom stereocenters. The van der Waals surface area contributed by atoms with Crippen LogP contribution in [-0.2, 0) is 22.7 Å². The number of nitrogens with one attached hydrogen (secondary N) is 1. The lowest BCUT2D eigenvalue weighted by Gasteiger charge is -2.24. The number of aromatic nitrogens is 1. The SMILES string of the molecule is CC(=O)c1cn(CC(=O)N2CCC[C@H]2C(=O)NCc2cccc(Cl)c2F)c2cc(C#CS(C)(C)C)ccc12. The minimum Gasteiger partial charge on any atom is -0.350 e. The molecule has 0 aliphatic carbocycles. The molecule has 0 bridgehead atoms. The zero-order valence-corrected chi connectivity index (χ0v) is 23.5. The van der Waals surface area contributed by atoms with E-state index >= 15 is 0 Å². The van der Waals surface area contributed by atoms with Crippen molar-refractivity contribution < 1.29 is 18.8 Å². The first-order valence-corrected chi connectivity index (χ1v) is 15.5. The molecular formula is C29H31ClFN3O3S. The van der Waals surface area contributed by atoms with E-state index in [1.165, 1.54) is 13.0 Å². The normalized spacial score (nSPS) is 15.7. The van der Waals surface area contributed by atoms with Gasteiger partial charge in [-0.25, -0.2) is 4.39 Å². The van der Waals surface area contributed by atoms with E-state index in [1.54, 1.807) is 27.8 Å². The summed E-state index contributed by atoms with van der Waals surface area (Å²) in [7, 11) is -1.01. The zero-order valence-electron chi connectivity index (χ0n) is 21.9. The van der Waals surface area contributed by atoms with Crippen molar-refractivity contribution in [1.29, 1.82) is 0 Å². The van der Waals surface area contributed by atoms with Gasteiger partial charge in [0, 0.05) is 41.4 Å². The summed E-state index contributed by atoms with van der Waals surface area (Å²) < 4.78 is 16.0. The molecule has 38 heavy (non-hydrogen) atoms. The number of nitrogens with zero attached hydrogens (tertiary/aromatic N) is 2. The Hall–Kier alpha value is -3.28. The predicted molar refractivity (Wildman–Crippen MR) is 152 cm³/mol. The van der Waals surface area contributed by atoms with Crippen LogP contribution in [0.15, 0.2) is 42.6 Å². The maximum atomic E-state index is 14.2. The molecule has 1 aliphatic heterocycles. The van der Waals surface area contributed by atoms with Crippen molar-refractivity contribution in [3.8, 4) is 11.2 Å². The van der Waals surface area contributed by atoms with Crippen LogP contribution in [0.2, 0.25) is 5.02 Å². The first kappa shape index (κ1) is 27.7. The van der Waals surface area contributed by atoms with Gasteiger partial charge in [-0.15, -0.1) is 0 Å². The van der Waals surface area contributed by atoms with Crippen LogP contribution in [0.25, 0.3) is 10.9 Å². The zero-order chi connectivity index (χ0) is 27.6. The highest BCUT2D eigenvalue weighted by Gasteiger charge is 2.34. The largest absolute Gasteiger partial charge is 0.350 e. The summed E-state index contributed by atoms with van der Waals surface area (Å²) in [5.41, 5.74) is 2.38. The van der Waals surface area contributed by atoms with Gasteiger partial charge in [0.05, 0.1) is 10.5 Å². The van der Waals surface area contributed by atoms with Crippen molar-refractivity contribution in [2.45, 2.75) is 38.9 Å². The molecule has 3 aromatic rings. The van der Waals surface area contributed by atoms with Crippen LogP contribution in [-0.4, -0.2) is 58.4 Å². The van der Waals surface area contributed by atoms with Crippen molar-refractivity contribution in [3.05, 3.63) is 70.1 Å². The Morgan fingerprint density at radius 3 is 2.66 bits per heavy atom. The average molecular weight is 556 g/mol. The molecule has 1 aliphatic rings. The third-order valence-electron chi connectivity index (χ3n) is 6.43. The second-order valence-corrected chi connectivity index (χ2v) is 14.5. The van der Waals surface area contributed by atoms with E-state index in [1.807, 2.05) is 18.2 Å². The molecule has 2 aromatic carbocycles. The summed E-state index contributed by atoms with van der Waals surface area (Å²) in [6, 6.07) is 9.65. The number of halogens is 2. The van der Waals surface area contributed by atoms with Crippen LogP contribution in [0, 0.1) is 17.0 Å². The van der Waals surface area contributed by atoms with Crippen molar-refractivity contribution in [2.75, 3.05) is 25.3 Å². The highest BCUT2D eigenvalue weighted by atomic mass is 35.5. The third-order valence-corrected chi connectivity index (χ3v) is 7.44. The number of benzene rings is 2. The summed E-state index contributed by atoms with van der Waals surface area (Å²) in [6.07, 6.45) is 9.25. The van der Waals surface area contributed by atoms with Crippen LogP contribution in [0.3, 0.4) is 0 Å². The Morgan fingerprint density at radius 2 is 1.95 bits per heavy atom. The van der Waals surface area contributed by atoms with E-state index in [4.69, 9.17) is 11.6 Å². The van der Waals surface area contributed by atoms with Crippen molar-refractivity contribution in [3.63, 3.8) is 0 Å². The Labute approximate surface area is 228 Å². The van der Waals surface area contributed by atoms with Crippen molar-refractivity contribution >= 4 is 50.1 Å². The fourth-order valence-corrected chi connectivity index (χ4v) is 5.17. The number of rotatable bonds is 6. The van der Waals surface area contributed by atoms with Gasteiger partial charge in [0.15, 0.2) is 5.78 Å². The number of ketones is 1. The molecular weight excluding hydrogens is 525 g/mol. The second kappa shape index (κ2) is 11.2. The molecule has 1 fully saturated rings. The molecule has 1 N–H and O–H groups in total. The number of fused-ring (bicyclic) bond motifs is 1. The van der Waals surface area contributed by atoms with Gasteiger partial charge in [-0.1, -0.05) is 35.7 Å². The predicted octanol–water partition coefficient (Wildman–Crippen LogP) is 4.95. The van der Waals surface area contributed by atoms with Crippen molar-refractivity contribution in [1.82, 2.24) is 14.8 Å². The molecule has 0 saturated carbocycles. The fourth-order valence-electron chi connectivity index (χ4n) is 4.55. The van der Waals surface area contributed by atoms with Gasteiger partial charge in [-0.2, -0.15) is 10.0 Å². The van der Waals surface area contributed by atoms with Gasteiger partial charge in [0.25, 0.3) is 0 Å². The van der Waals surface area contributed by atoms with Crippen molar-refractivity contribution in [2.24, 2.45) is 0 Å². The summed E-state index contributed by atoms with van der Waals surface area (Å²) in [5, 5.41) is 6.79. The molecule has 200 valence electrons. The number of hydrogen-bond acceptors (Lipinski definition) is 3. The van der Waals surface area contributed by atoms with Crippen LogP contribution < -0.4 is 5.32 Å². The Morgan fingerprint density at radius 1 is 1.18 bits per heavy atom. The van der Waals surface area contributed by atoms with Gasteiger partial charge >= 0.3 is 0 Å². The van der Waals surface area contributed by atoms with Crippen LogP contribution in [0.5, 0.6) is 0 Å². The van der Waals surface area contributed by atoms with Gasteiger partial charge in [0.2, 0.25) is 11.8 Å². The Bertz CT molecular complexity index is 1480. The van der Waals surface area contributed by atoms with Crippen LogP contribution in [0.4, 0.5) is 4.39 Å². The lowest BCUT2D eigenvalue weighted by molar-refractivity contribution is -0.138. The van der Waals surface area contributed by atoms with Gasteiger partial charge < -0.3 is 14.8 Å². The lowest BCUT2D eigenvalue weighted by Crippen LogP contribution is -2.46. The second-order valence-electron chi connectivity index (χ2n) is 10.2. The Kier molecular flexibility index (Phi) is 8.19. The van der Waals surface area contributed by atoms with Gasteiger partial charge in [0.1, 0.15) is 18.4 Å². The molecule has 2 heterocycles. The van der Waals surface area contributed by atoms with E-state index in [0.29, 0.717) is 24.9 Å². The van der Waals surface area contributed by atoms with Crippen LogP contribution in [0.1, 0.15) is 41.3 Å². The van der Waals surface area contributed by atoms with E-state index in [2.05, 4.69) is 35.3 Å². The smallest absolute Gasteiger partial charge is 0.243 e. The summed E-state index contributed by atoms with van der Waals surface area (Å²) in [5.74, 6) is 2.00. The maximum Gasteiger partial charge on any atom is 0.243 e. The third kappa shape index (κ3) is 6.23. The van der Waals surface area contributed by atoms with Gasteiger partial charge in [-0.05, 0) is 62.0 Å². The highest BCUT2D eigenvalue weighted by Crippen LogP contribution is 2.32. The molecule has 4 rings (SSSR count).